The number of aromatic carboxylic acids is 1. The van der Waals surface area contributed by atoms with Gasteiger partial charge in [0.15, 0.2) is 5.78 Å². The standard InChI is InChI=1S/C12H7Cl2NO3/c13-7-1-2-8(9(14)4-7)11(16)6-3-10(12(17)18)15-5-6/h1-5,15H,(H,17,18). The number of benzene rings is 1. The number of aromatic amines is 1. The fraction of sp³-hybridized carbons (Fsp3) is 0. The van der Waals surface area contributed by atoms with Gasteiger partial charge in [-0.15, -0.1) is 0 Å². The van der Waals surface area contributed by atoms with Crippen LogP contribution in [0, 0.1) is 0 Å². The minimum absolute atomic E-state index is 0.0524. The highest BCUT2D eigenvalue weighted by Crippen LogP contribution is 2.23. The normalized spacial score (nSPS) is 10.3. The summed E-state index contributed by atoms with van der Waals surface area (Å²) >= 11 is 11.6. The zero-order valence-electron chi connectivity index (χ0n) is 8.91. The van der Waals surface area contributed by atoms with Crippen molar-refractivity contribution < 1.29 is 14.7 Å². The number of aromatic nitrogens is 1. The molecule has 0 amide bonds. The highest BCUT2D eigenvalue weighted by Gasteiger charge is 2.16. The van der Waals surface area contributed by atoms with Gasteiger partial charge in [0, 0.05) is 22.3 Å². The third-order valence-electron chi connectivity index (χ3n) is 2.35. The van der Waals surface area contributed by atoms with Crippen molar-refractivity contribution in [2.24, 2.45) is 0 Å². The van der Waals surface area contributed by atoms with Crippen LogP contribution in [0.3, 0.4) is 0 Å². The predicted octanol–water partition coefficient (Wildman–Crippen LogP) is 3.25. The Labute approximate surface area is 112 Å². The second-order valence-electron chi connectivity index (χ2n) is 3.56. The Morgan fingerprint density at radius 2 is 1.89 bits per heavy atom. The number of hydrogen-bond acceptors (Lipinski definition) is 2. The molecule has 0 saturated carbocycles. The van der Waals surface area contributed by atoms with Crippen molar-refractivity contribution in [1.82, 2.24) is 4.98 Å². The van der Waals surface area contributed by atoms with Crippen molar-refractivity contribution in [2.75, 3.05) is 0 Å². The van der Waals surface area contributed by atoms with Crippen LogP contribution in [0.25, 0.3) is 0 Å². The summed E-state index contributed by atoms with van der Waals surface area (Å²) in [6.07, 6.45) is 1.33. The maximum absolute atomic E-state index is 12.1. The molecule has 0 fully saturated rings. The minimum atomic E-state index is -1.13. The molecule has 0 spiro atoms. The van der Waals surface area contributed by atoms with Gasteiger partial charge in [-0.25, -0.2) is 4.79 Å². The zero-order chi connectivity index (χ0) is 13.3. The lowest BCUT2D eigenvalue weighted by Gasteiger charge is -2.01. The maximum atomic E-state index is 12.1. The molecule has 0 aliphatic carbocycles. The van der Waals surface area contributed by atoms with Crippen molar-refractivity contribution in [1.29, 1.82) is 0 Å². The van der Waals surface area contributed by atoms with E-state index in [9.17, 15) is 9.59 Å². The molecule has 18 heavy (non-hydrogen) atoms. The highest BCUT2D eigenvalue weighted by atomic mass is 35.5. The first-order chi connectivity index (χ1) is 8.49. The number of carboxylic acid groups (broad SMARTS) is 1. The summed E-state index contributed by atoms with van der Waals surface area (Å²) in [5.41, 5.74) is 0.456. The molecule has 0 aliphatic heterocycles. The molecule has 6 heteroatoms. The van der Waals surface area contributed by atoms with Gasteiger partial charge in [0.05, 0.1) is 5.02 Å². The van der Waals surface area contributed by atoms with E-state index in [0.717, 1.165) is 0 Å². The lowest BCUT2D eigenvalue weighted by Crippen LogP contribution is -2.01. The van der Waals surface area contributed by atoms with E-state index in [2.05, 4.69) is 4.98 Å². The van der Waals surface area contributed by atoms with Crippen LogP contribution in [-0.2, 0) is 0 Å². The number of H-pyrrole nitrogens is 1. The Kier molecular flexibility index (Phi) is 3.41. The van der Waals surface area contributed by atoms with E-state index in [4.69, 9.17) is 28.3 Å². The molecular formula is C12H7Cl2NO3. The van der Waals surface area contributed by atoms with E-state index >= 15 is 0 Å². The number of hydrogen-bond donors (Lipinski definition) is 2. The summed E-state index contributed by atoms with van der Waals surface area (Å²) in [6.45, 7) is 0. The summed E-state index contributed by atoms with van der Waals surface area (Å²) < 4.78 is 0. The zero-order valence-corrected chi connectivity index (χ0v) is 10.4. The van der Waals surface area contributed by atoms with Gasteiger partial charge in [-0.3, -0.25) is 4.79 Å². The quantitative estimate of drug-likeness (QED) is 0.850. The van der Waals surface area contributed by atoms with Crippen molar-refractivity contribution in [3.8, 4) is 0 Å². The van der Waals surface area contributed by atoms with Crippen LogP contribution in [-0.4, -0.2) is 21.8 Å². The fourth-order valence-electron chi connectivity index (χ4n) is 1.48. The Hall–Kier alpha value is -1.78. The van der Waals surface area contributed by atoms with Crippen LogP contribution in [0.1, 0.15) is 26.4 Å². The molecule has 0 atom stereocenters. The van der Waals surface area contributed by atoms with E-state index in [0.29, 0.717) is 5.02 Å². The first-order valence-electron chi connectivity index (χ1n) is 4.90. The molecule has 0 radical (unpaired) electrons. The van der Waals surface area contributed by atoms with Gasteiger partial charge in [-0.05, 0) is 24.3 Å². The van der Waals surface area contributed by atoms with Crippen LogP contribution >= 0.6 is 23.2 Å². The lowest BCUT2D eigenvalue weighted by molar-refractivity contribution is 0.0691. The summed E-state index contributed by atoms with van der Waals surface area (Å²) in [7, 11) is 0. The van der Waals surface area contributed by atoms with Crippen LogP contribution in [0.4, 0.5) is 0 Å². The number of rotatable bonds is 3. The predicted molar refractivity (Wildman–Crippen MR) is 67.6 cm³/mol. The van der Waals surface area contributed by atoms with E-state index < -0.39 is 5.97 Å². The largest absolute Gasteiger partial charge is 0.477 e. The molecule has 2 rings (SSSR count). The van der Waals surface area contributed by atoms with Gasteiger partial charge in [0.1, 0.15) is 5.69 Å². The minimum Gasteiger partial charge on any atom is -0.477 e. The molecule has 0 unspecified atom stereocenters. The first kappa shape index (κ1) is 12.7. The molecule has 1 aromatic carbocycles. The third-order valence-corrected chi connectivity index (χ3v) is 2.90. The van der Waals surface area contributed by atoms with E-state index in [-0.39, 0.29) is 27.6 Å². The molecule has 92 valence electrons. The summed E-state index contributed by atoms with van der Waals surface area (Å²) in [6, 6.07) is 5.77. The van der Waals surface area contributed by atoms with Crippen molar-refractivity contribution >= 4 is 35.0 Å². The van der Waals surface area contributed by atoms with Crippen molar-refractivity contribution in [2.45, 2.75) is 0 Å². The number of ketones is 1. The Bertz CT molecular complexity index is 634. The van der Waals surface area contributed by atoms with Crippen LogP contribution in [0.5, 0.6) is 0 Å². The second kappa shape index (κ2) is 4.84. The van der Waals surface area contributed by atoms with Gasteiger partial charge in [-0.2, -0.15) is 0 Å². The molecule has 1 aromatic heterocycles. The van der Waals surface area contributed by atoms with Gasteiger partial charge in [0.25, 0.3) is 0 Å². The van der Waals surface area contributed by atoms with Crippen molar-refractivity contribution in [3.63, 3.8) is 0 Å². The summed E-state index contributed by atoms with van der Waals surface area (Å²) in [4.78, 5) is 25.3. The van der Waals surface area contributed by atoms with Crippen molar-refractivity contribution in [3.05, 3.63) is 57.3 Å². The Morgan fingerprint density at radius 1 is 1.17 bits per heavy atom. The number of halogens is 2. The molecule has 2 N–H and O–H groups in total. The lowest BCUT2D eigenvalue weighted by atomic mass is 10.1. The van der Waals surface area contributed by atoms with Crippen LogP contribution in [0.2, 0.25) is 10.0 Å². The fourth-order valence-corrected chi connectivity index (χ4v) is 1.97. The highest BCUT2D eigenvalue weighted by molar-refractivity contribution is 6.37. The van der Waals surface area contributed by atoms with Gasteiger partial charge in [0.2, 0.25) is 0 Å². The second-order valence-corrected chi connectivity index (χ2v) is 4.40. The van der Waals surface area contributed by atoms with Gasteiger partial charge >= 0.3 is 5.97 Å². The molecule has 0 saturated heterocycles. The average molecular weight is 284 g/mol. The molecule has 4 nitrogen and oxygen atoms in total. The van der Waals surface area contributed by atoms with Crippen LogP contribution in [0.15, 0.2) is 30.5 Å². The number of nitrogens with one attached hydrogen (secondary N) is 1. The first-order valence-corrected chi connectivity index (χ1v) is 5.66. The van der Waals surface area contributed by atoms with Crippen LogP contribution < -0.4 is 0 Å². The molecule has 1 heterocycles. The van der Waals surface area contributed by atoms with E-state index in [1.54, 1.807) is 6.07 Å². The number of carbonyl (C=O) groups is 2. The number of carboxylic acids is 1. The SMILES string of the molecule is O=C(O)c1cc(C(=O)c2ccc(Cl)cc2Cl)c[nH]1. The van der Waals surface area contributed by atoms with E-state index in [1.165, 1.54) is 24.4 Å². The third kappa shape index (κ3) is 2.39. The molecule has 0 aliphatic rings. The smallest absolute Gasteiger partial charge is 0.352 e. The Balaban J connectivity index is 2.38. The Morgan fingerprint density at radius 3 is 2.44 bits per heavy atom. The molecule has 0 bridgehead atoms. The summed E-state index contributed by atoms with van der Waals surface area (Å²) in [5.74, 6) is -1.49. The molecule has 2 aromatic rings. The molecular weight excluding hydrogens is 277 g/mol. The van der Waals surface area contributed by atoms with E-state index in [1.807, 2.05) is 0 Å². The maximum Gasteiger partial charge on any atom is 0.352 e. The number of carbonyl (C=O) groups excluding carboxylic acids is 1. The topological polar surface area (TPSA) is 70.2 Å². The van der Waals surface area contributed by atoms with Gasteiger partial charge < -0.3 is 10.1 Å². The average Bonchev–Trinajstić information content (AvgIpc) is 2.77. The monoisotopic (exact) mass is 283 g/mol. The summed E-state index contributed by atoms with van der Waals surface area (Å²) in [5, 5.41) is 9.41. The van der Waals surface area contributed by atoms with Gasteiger partial charge in [-0.1, -0.05) is 23.2 Å².